The normalized spacial score (nSPS) is 14.7. The van der Waals surface area contributed by atoms with Crippen molar-refractivity contribution in [2.45, 2.75) is 65.0 Å². The molecule has 216 valence electrons. The van der Waals surface area contributed by atoms with Gasteiger partial charge in [-0.25, -0.2) is 0 Å². The van der Waals surface area contributed by atoms with Gasteiger partial charge in [-0.2, -0.15) is 24.2 Å². The zero-order valence-corrected chi connectivity index (χ0v) is 31.2. The summed E-state index contributed by atoms with van der Waals surface area (Å²) in [5.74, 6) is 0. The summed E-state index contributed by atoms with van der Waals surface area (Å²) in [4.78, 5) is 2.80. The monoisotopic (exact) mass is 598 g/mol. The molecular weight excluding hydrogens is 541 g/mol. The van der Waals surface area contributed by atoms with Crippen molar-refractivity contribution in [3.05, 3.63) is 71.7 Å². The van der Waals surface area contributed by atoms with Crippen LogP contribution in [0.1, 0.15) is 36.8 Å². The van der Waals surface area contributed by atoms with Crippen LogP contribution in [0.5, 0.6) is 0 Å². The summed E-state index contributed by atoms with van der Waals surface area (Å²) in [5.41, 5.74) is 5.61. The molecule has 0 radical (unpaired) electrons. The number of hydrogen-bond donors (Lipinski definition) is 2. The van der Waals surface area contributed by atoms with E-state index in [1.54, 1.807) is 0 Å². The Morgan fingerprint density at radius 3 is 1.03 bits per heavy atom. The van der Waals surface area contributed by atoms with Gasteiger partial charge in [-0.3, -0.25) is 0 Å². The van der Waals surface area contributed by atoms with Gasteiger partial charge >= 0.3 is 37.7 Å². The predicted octanol–water partition coefficient (Wildman–Crippen LogP) is 5.00. The molecular formula is C32H58CaN2O2Si2+2. The van der Waals surface area contributed by atoms with Crippen molar-refractivity contribution in [1.29, 1.82) is 0 Å². The third kappa shape index (κ3) is 19.5. The van der Waals surface area contributed by atoms with E-state index < -0.39 is 16.1 Å². The third-order valence-corrected chi connectivity index (χ3v) is 8.18. The van der Waals surface area contributed by atoms with E-state index in [0.29, 0.717) is 0 Å². The van der Waals surface area contributed by atoms with Gasteiger partial charge in [0.2, 0.25) is 0 Å². The second kappa shape index (κ2) is 20.6. The Bertz CT molecular complexity index is 800. The number of hydrogen-bond acceptors (Lipinski definition) is 2. The molecule has 0 bridgehead atoms. The molecule has 2 aromatic rings. The Balaban J connectivity index is 0.000000537. The molecule has 0 unspecified atom stereocenters. The van der Waals surface area contributed by atoms with Gasteiger partial charge in [-0.15, -0.1) is 23.3 Å². The van der Waals surface area contributed by atoms with Gasteiger partial charge in [0, 0.05) is 54.0 Å². The molecule has 7 heteroatoms. The van der Waals surface area contributed by atoms with Gasteiger partial charge in [-0.1, -0.05) is 63.5 Å². The number of quaternary nitrogens is 2. The zero-order chi connectivity index (χ0) is 28.6. The van der Waals surface area contributed by atoms with Gasteiger partial charge in [0.1, 0.15) is 0 Å². The molecule has 2 fully saturated rings. The standard InChI is InChI=1S/2C12H20NSi.2C4H8O.Ca/c2*1-13(2)12-9-7-6-8-11(12)10-14(3,4)5;2*1-2-4-5-3-1;/h2*6-10H,1-5H3;2*1-4H2;/q2*-1;;;+2/p+2. The van der Waals surface area contributed by atoms with Gasteiger partial charge < -0.3 is 19.3 Å². The number of para-hydroxylation sites is 2. The average Bonchev–Trinajstić information content (AvgIpc) is 3.57. The molecule has 0 amide bonds. The molecule has 2 aliphatic heterocycles. The van der Waals surface area contributed by atoms with Gasteiger partial charge in [0.25, 0.3) is 0 Å². The van der Waals surface area contributed by atoms with Crippen molar-refractivity contribution >= 4 is 65.3 Å². The van der Waals surface area contributed by atoms with Crippen LogP contribution in [-0.2, 0) is 9.47 Å². The summed E-state index contributed by atoms with van der Waals surface area (Å²) < 4.78 is 9.89. The van der Waals surface area contributed by atoms with Crippen molar-refractivity contribution < 1.29 is 19.3 Å². The van der Waals surface area contributed by atoms with Crippen molar-refractivity contribution in [1.82, 2.24) is 0 Å². The molecule has 2 saturated heterocycles. The minimum atomic E-state index is -1.11. The summed E-state index contributed by atoms with van der Waals surface area (Å²) >= 11 is 0. The first kappa shape index (κ1) is 38.7. The summed E-state index contributed by atoms with van der Waals surface area (Å²) in [7, 11) is 6.48. The van der Waals surface area contributed by atoms with E-state index in [9.17, 15) is 0 Å². The maximum absolute atomic E-state index is 4.94. The van der Waals surface area contributed by atoms with Crippen LogP contribution in [0.4, 0.5) is 11.4 Å². The molecule has 39 heavy (non-hydrogen) atoms. The van der Waals surface area contributed by atoms with Crippen LogP contribution in [-0.4, -0.2) is 109 Å². The van der Waals surface area contributed by atoms with E-state index in [1.807, 2.05) is 0 Å². The van der Waals surface area contributed by atoms with Gasteiger partial charge in [0.05, 0.1) is 28.2 Å². The molecule has 2 heterocycles. The number of nitrogens with one attached hydrogen (secondary N) is 2. The van der Waals surface area contributed by atoms with E-state index in [4.69, 9.17) is 9.47 Å². The summed E-state index contributed by atoms with van der Waals surface area (Å²) in [6.07, 6.45) is 5.11. The molecule has 0 saturated carbocycles. The Kier molecular flexibility index (Phi) is 20.4. The van der Waals surface area contributed by atoms with Crippen molar-refractivity contribution in [2.75, 3.05) is 54.6 Å². The number of benzene rings is 2. The minimum absolute atomic E-state index is 0. The first-order valence-electron chi connectivity index (χ1n) is 14.5. The first-order valence-corrected chi connectivity index (χ1v) is 21.6. The molecule has 4 rings (SSSR count). The fourth-order valence-electron chi connectivity index (χ4n) is 4.11. The third-order valence-electron chi connectivity index (χ3n) is 5.83. The molecule has 2 N–H and O–H groups in total. The van der Waals surface area contributed by atoms with Crippen LogP contribution in [0.3, 0.4) is 0 Å². The Labute approximate surface area is 273 Å². The Hall–Kier alpha value is -0.286. The second-order valence-corrected chi connectivity index (χ2v) is 22.9. The molecule has 0 aliphatic carbocycles. The number of rotatable bonds is 6. The molecule has 0 atom stereocenters. The topological polar surface area (TPSA) is 27.3 Å². The van der Waals surface area contributed by atoms with Crippen LogP contribution in [0.15, 0.2) is 48.5 Å². The Morgan fingerprint density at radius 2 is 0.821 bits per heavy atom. The first-order chi connectivity index (χ1) is 17.8. The molecule has 2 aromatic carbocycles. The van der Waals surface area contributed by atoms with Crippen molar-refractivity contribution in [3.63, 3.8) is 0 Å². The van der Waals surface area contributed by atoms with E-state index in [2.05, 4.69) is 128 Å². The molecule has 0 spiro atoms. The quantitative estimate of drug-likeness (QED) is 0.362. The molecule has 4 nitrogen and oxygen atoms in total. The molecule has 0 aromatic heterocycles. The predicted molar refractivity (Wildman–Crippen MR) is 177 cm³/mol. The van der Waals surface area contributed by atoms with Crippen LogP contribution in [0, 0.1) is 12.1 Å². The average molecular weight is 599 g/mol. The van der Waals surface area contributed by atoms with Crippen molar-refractivity contribution in [3.8, 4) is 0 Å². The number of ether oxygens (including phenoxy) is 2. The summed E-state index contributed by atoms with van der Waals surface area (Å²) in [5, 5.41) is 0. The van der Waals surface area contributed by atoms with Gasteiger partial charge in [0.15, 0.2) is 0 Å². The fraction of sp³-hybridized carbons (Fsp3) is 0.562. The van der Waals surface area contributed by atoms with Crippen LogP contribution < -0.4 is 9.80 Å². The largest absolute Gasteiger partial charge is 2.00 e. The van der Waals surface area contributed by atoms with E-state index >= 15 is 0 Å². The maximum Gasteiger partial charge on any atom is 2.00 e. The minimum Gasteiger partial charge on any atom is -0.381 e. The fourth-order valence-corrected chi connectivity index (χ4v) is 6.48. The van der Waals surface area contributed by atoms with E-state index in [1.165, 1.54) is 58.0 Å². The van der Waals surface area contributed by atoms with Crippen LogP contribution in [0.25, 0.3) is 0 Å². The summed E-state index contributed by atoms with van der Waals surface area (Å²) in [6, 6.07) is 22.3. The van der Waals surface area contributed by atoms with E-state index in [-0.39, 0.29) is 37.7 Å². The van der Waals surface area contributed by atoms with Crippen LogP contribution in [0.2, 0.25) is 39.3 Å². The van der Waals surface area contributed by atoms with Gasteiger partial charge in [-0.05, 0) is 25.7 Å². The van der Waals surface area contributed by atoms with Crippen molar-refractivity contribution in [2.24, 2.45) is 0 Å². The smallest absolute Gasteiger partial charge is 0.381 e. The van der Waals surface area contributed by atoms with E-state index in [0.717, 1.165) is 26.4 Å². The second-order valence-electron chi connectivity index (χ2n) is 12.8. The van der Waals surface area contributed by atoms with Crippen LogP contribution >= 0.6 is 0 Å². The zero-order valence-electron chi connectivity index (χ0n) is 27.0. The summed E-state index contributed by atoms with van der Waals surface area (Å²) in [6.45, 7) is 18.2. The Morgan fingerprint density at radius 1 is 0.538 bits per heavy atom. The molecule has 2 aliphatic rings. The maximum atomic E-state index is 4.94. The SMILES string of the molecule is C1CCOC1.C1CCOC1.C[NH+](C)c1ccccc1[CH-][Si](C)(C)C.C[NH+](C)c1ccccc1[CH-][Si](C)(C)C.[Ca+2].